The highest BCUT2D eigenvalue weighted by Gasteiger charge is 2.35. The lowest BCUT2D eigenvalue weighted by atomic mass is 9.79. The Bertz CT molecular complexity index is 525. The molecule has 0 bridgehead atoms. The van der Waals surface area contributed by atoms with Crippen LogP contribution in [0, 0.1) is 0 Å². The first kappa shape index (κ1) is 11.6. The molecule has 0 radical (unpaired) electrons. The van der Waals surface area contributed by atoms with E-state index in [2.05, 4.69) is 15.2 Å². The lowest BCUT2D eigenvalue weighted by molar-refractivity contribution is 0.355. The van der Waals surface area contributed by atoms with Crippen LogP contribution in [-0.2, 0) is 5.41 Å². The topological polar surface area (TPSA) is 69.1 Å². The monoisotopic (exact) mass is 245 g/mol. The maximum Gasteiger partial charge on any atom is 0.163 e. The quantitative estimate of drug-likeness (QED) is 0.817. The van der Waals surface area contributed by atoms with Crippen molar-refractivity contribution in [1.82, 2.24) is 19.6 Å². The van der Waals surface area contributed by atoms with Crippen LogP contribution in [0.25, 0.3) is 5.65 Å². The van der Waals surface area contributed by atoms with Gasteiger partial charge in [0.05, 0.1) is 0 Å². The molecule has 5 nitrogen and oxygen atoms in total. The van der Waals surface area contributed by atoms with Crippen LogP contribution in [0.1, 0.15) is 44.3 Å². The van der Waals surface area contributed by atoms with Crippen LogP contribution in [0.4, 0.5) is 0 Å². The Morgan fingerprint density at radius 2 is 1.94 bits per heavy atom. The molecule has 1 aliphatic carbocycles. The third-order valence-electron chi connectivity index (χ3n) is 4.14. The lowest BCUT2D eigenvalue weighted by Crippen LogP contribution is -2.36. The second-order valence-electron chi connectivity index (χ2n) is 5.23. The fourth-order valence-electron chi connectivity index (χ4n) is 3.03. The van der Waals surface area contributed by atoms with Gasteiger partial charge >= 0.3 is 0 Å². The molecule has 0 saturated heterocycles. The second kappa shape index (κ2) is 4.65. The molecule has 0 atom stereocenters. The number of hydrogen-bond acceptors (Lipinski definition) is 4. The van der Waals surface area contributed by atoms with E-state index in [1.54, 1.807) is 12.5 Å². The van der Waals surface area contributed by atoms with Crippen molar-refractivity contribution < 1.29 is 0 Å². The van der Waals surface area contributed by atoms with Crippen molar-refractivity contribution in [2.24, 2.45) is 5.73 Å². The summed E-state index contributed by atoms with van der Waals surface area (Å²) in [6.07, 6.45) is 10.8. The summed E-state index contributed by atoms with van der Waals surface area (Å²) in [6, 6.07) is 1.89. The summed E-state index contributed by atoms with van der Waals surface area (Å²) in [7, 11) is 0. The predicted molar refractivity (Wildman–Crippen MR) is 69.2 cm³/mol. The maximum absolute atomic E-state index is 6.09. The maximum atomic E-state index is 6.09. The van der Waals surface area contributed by atoms with E-state index in [0.29, 0.717) is 6.54 Å². The van der Waals surface area contributed by atoms with Crippen molar-refractivity contribution in [2.45, 2.75) is 43.9 Å². The van der Waals surface area contributed by atoms with Crippen LogP contribution >= 0.6 is 0 Å². The first-order valence-electron chi connectivity index (χ1n) is 6.71. The molecule has 0 amide bonds. The van der Waals surface area contributed by atoms with E-state index in [0.717, 1.165) is 24.3 Å². The van der Waals surface area contributed by atoms with Crippen molar-refractivity contribution >= 4 is 5.65 Å². The number of nitrogens with zero attached hydrogens (tertiary/aromatic N) is 4. The normalized spacial score (nSPS) is 19.8. The van der Waals surface area contributed by atoms with Crippen LogP contribution in [0.5, 0.6) is 0 Å². The Balaban J connectivity index is 2.09. The number of rotatable bonds is 2. The third kappa shape index (κ3) is 1.79. The zero-order valence-electron chi connectivity index (χ0n) is 10.5. The molecule has 18 heavy (non-hydrogen) atoms. The highest BCUT2D eigenvalue weighted by Crippen LogP contribution is 2.36. The van der Waals surface area contributed by atoms with E-state index in [4.69, 9.17) is 5.73 Å². The molecule has 0 aromatic carbocycles. The Morgan fingerprint density at radius 3 is 2.67 bits per heavy atom. The van der Waals surface area contributed by atoms with E-state index in [1.165, 1.54) is 25.7 Å². The minimum atomic E-state index is -0.0149. The summed E-state index contributed by atoms with van der Waals surface area (Å²) in [4.78, 5) is 4.17. The van der Waals surface area contributed by atoms with Gasteiger partial charge in [0.15, 0.2) is 5.65 Å². The van der Waals surface area contributed by atoms with Crippen molar-refractivity contribution in [1.29, 1.82) is 0 Å². The van der Waals surface area contributed by atoms with Crippen molar-refractivity contribution in [2.75, 3.05) is 6.54 Å². The van der Waals surface area contributed by atoms with E-state index >= 15 is 0 Å². The van der Waals surface area contributed by atoms with Gasteiger partial charge in [-0.25, -0.2) is 4.98 Å². The van der Waals surface area contributed by atoms with Gasteiger partial charge < -0.3 is 5.73 Å². The third-order valence-corrected chi connectivity index (χ3v) is 4.14. The van der Waals surface area contributed by atoms with Crippen LogP contribution in [0.3, 0.4) is 0 Å². The molecule has 1 saturated carbocycles. The van der Waals surface area contributed by atoms with Crippen LogP contribution < -0.4 is 5.73 Å². The molecule has 2 aromatic rings. The van der Waals surface area contributed by atoms with Crippen LogP contribution in [-0.4, -0.2) is 26.1 Å². The zero-order chi connectivity index (χ0) is 12.4. The van der Waals surface area contributed by atoms with E-state index in [1.807, 2.05) is 10.5 Å². The van der Waals surface area contributed by atoms with Crippen molar-refractivity contribution in [3.63, 3.8) is 0 Å². The molecule has 1 fully saturated rings. The van der Waals surface area contributed by atoms with Gasteiger partial charge in [0.2, 0.25) is 0 Å². The molecule has 5 heteroatoms. The molecule has 0 spiro atoms. The van der Waals surface area contributed by atoms with Crippen molar-refractivity contribution in [3.8, 4) is 0 Å². The average Bonchev–Trinajstić information content (AvgIpc) is 2.70. The minimum absolute atomic E-state index is 0.0149. The average molecular weight is 245 g/mol. The first-order valence-corrected chi connectivity index (χ1v) is 6.71. The van der Waals surface area contributed by atoms with Gasteiger partial charge in [-0.05, 0) is 12.8 Å². The van der Waals surface area contributed by atoms with Crippen molar-refractivity contribution in [3.05, 3.63) is 24.4 Å². The lowest BCUT2D eigenvalue weighted by Gasteiger charge is -2.29. The molecule has 2 N–H and O–H groups in total. The van der Waals surface area contributed by atoms with Gasteiger partial charge in [0.1, 0.15) is 12.2 Å². The number of hydrogen-bond donors (Lipinski definition) is 1. The Labute approximate surface area is 106 Å². The highest BCUT2D eigenvalue weighted by molar-refractivity contribution is 5.37. The number of aromatic nitrogens is 4. The van der Waals surface area contributed by atoms with Gasteiger partial charge in [-0.1, -0.05) is 25.7 Å². The standard InChI is InChI=1S/C13H19N5/c14-9-13(6-3-1-2-4-7-13)12-17-16-11-5-8-15-10-18(11)12/h5,8,10H,1-4,6-7,9,14H2. The van der Waals surface area contributed by atoms with Gasteiger partial charge in [0.25, 0.3) is 0 Å². The SMILES string of the molecule is NCC1(c2nnc3ccncn23)CCCCCC1. The molecular formula is C13H19N5. The minimum Gasteiger partial charge on any atom is -0.329 e. The smallest absolute Gasteiger partial charge is 0.163 e. The van der Waals surface area contributed by atoms with Gasteiger partial charge in [0, 0.05) is 24.2 Å². The molecule has 3 rings (SSSR count). The van der Waals surface area contributed by atoms with E-state index in [9.17, 15) is 0 Å². The Kier molecular flexibility index (Phi) is 2.99. The fourth-order valence-corrected chi connectivity index (χ4v) is 3.03. The Morgan fingerprint density at radius 1 is 1.17 bits per heavy atom. The van der Waals surface area contributed by atoms with E-state index in [-0.39, 0.29) is 5.41 Å². The summed E-state index contributed by atoms with van der Waals surface area (Å²) < 4.78 is 2.00. The summed E-state index contributed by atoms with van der Waals surface area (Å²) >= 11 is 0. The van der Waals surface area contributed by atoms with Gasteiger partial charge in [-0.15, -0.1) is 10.2 Å². The van der Waals surface area contributed by atoms with E-state index < -0.39 is 0 Å². The van der Waals surface area contributed by atoms with Gasteiger partial charge in [-0.2, -0.15) is 0 Å². The molecule has 2 aromatic heterocycles. The number of nitrogens with two attached hydrogens (primary N) is 1. The predicted octanol–water partition coefficient (Wildman–Crippen LogP) is 1.67. The second-order valence-corrected chi connectivity index (χ2v) is 5.23. The molecule has 0 unspecified atom stereocenters. The van der Waals surface area contributed by atoms with Crippen LogP contribution in [0.2, 0.25) is 0 Å². The molecule has 0 aliphatic heterocycles. The largest absolute Gasteiger partial charge is 0.329 e. The molecule has 96 valence electrons. The molecular weight excluding hydrogens is 226 g/mol. The summed E-state index contributed by atoms with van der Waals surface area (Å²) in [6.45, 7) is 0.642. The first-order chi connectivity index (χ1) is 8.86. The summed E-state index contributed by atoms with van der Waals surface area (Å²) in [5.74, 6) is 0.995. The molecule has 1 aliphatic rings. The summed E-state index contributed by atoms with van der Waals surface area (Å²) in [5.41, 5.74) is 6.93. The number of fused-ring (bicyclic) bond motifs is 1. The Hall–Kier alpha value is -1.49. The highest BCUT2D eigenvalue weighted by atomic mass is 15.3. The summed E-state index contributed by atoms with van der Waals surface area (Å²) in [5, 5.41) is 8.63. The molecule has 2 heterocycles. The van der Waals surface area contributed by atoms with Gasteiger partial charge in [-0.3, -0.25) is 4.40 Å². The van der Waals surface area contributed by atoms with Crippen LogP contribution in [0.15, 0.2) is 18.6 Å². The zero-order valence-corrected chi connectivity index (χ0v) is 10.5. The fraction of sp³-hybridized carbons (Fsp3) is 0.615.